The first-order chi connectivity index (χ1) is 7.61. The molecule has 4 heteroatoms. The van der Waals surface area contributed by atoms with Crippen LogP contribution < -0.4 is 5.73 Å². The summed E-state index contributed by atoms with van der Waals surface area (Å²) in [7, 11) is 0. The molecule has 0 aromatic carbocycles. The van der Waals surface area contributed by atoms with Gasteiger partial charge in [-0.1, -0.05) is 20.8 Å². The molecule has 0 fully saturated rings. The van der Waals surface area contributed by atoms with Gasteiger partial charge >= 0.3 is 0 Å². The van der Waals surface area contributed by atoms with Crippen molar-refractivity contribution in [3.05, 3.63) is 11.9 Å². The third-order valence-corrected chi connectivity index (χ3v) is 3.13. The summed E-state index contributed by atoms with van der Waals surface area (Å²) in [5.74, 6) is 3.29. The molecule has 90 valence electrons. The summed E-state index contributed by atoms with van der Waals surface area (Å²) in [6.45, 7) is 6.59. The Bertz CT molecular complexity index is 326. The third-order valence-electron chi connectivity index (χ3n) is 2.19. The zero-order valence-corrected chi connectivity index (χ0v) is 11.2. The summed E-state index contributed by atoms with van der Waals surface area (Å²) in [5.41, 5.74) is 5.76. The Kier molecular flexibility index (Phi) is 5.60. The Balaban J connectivity index is 2.58. The SMILES string of the molecule is CCCc1nc(N)cc(SCCC(C)C)n1. The van der Waals surface area contributed by atoms with Crippen LogP contribution in [0.1, 0.15) is 39.4 Å². The molecule has 0 saturated heterocycles. The number of nitrogens with two attached hydrogens (primary N) is 1. The summed E-state index contributed by atoms with van der Waals surface area (Å²) in [6.07, 6.45) is 3.17. The van der Waals surface area contributed by atoms with Gasteiger partial charge in [-0.15, -0.1) is 11.8 Å². The number of aromatic nitrogens is 2. The van der Waals surface area contributed by atoms with E-state index >= 15 is 0 Å². The van der Waals surface area contributed by atoms with Gasteiger partial charge in [-0.25, -0.2) is 9.97 Å². The first kappa shape index (κ1) is 13.3. The number of rotatable bonds is 6. The first-order valence-corrected chi connectivity index (χ1v) is 6.86. The maximum atomic E-state index is 5.76. The van der Waals surface area contributed by atoms with E-state index in [1.54, 1.807) is 11.8 Å². The lowest BCUT2D eigenvalue weighted by atomic mass is 10.2. The van der Waals surface area contributed by atoms with Gasteiger partial charge in [0.25, 0.3) is 0 Å². The Morgan fingerprint density at radius 1 is 1.38 bits per heavy atom. The average molecular weight is 239 g/mol. The minimum Gasteiger partial charge on any atom is -0.384 e. The van der Waals surface area contributed by atoms with Gasteiger partial charge < -0.3 is 5.73 Å². The van der Waals surface area contributed by atoms with E-state index in [-0.39, 0.29) is 0 Å². The molecule has 0 saturated carbocycles. The molecular weight excluding hydrogens is 218 g/mol. The van der Waals surface area contributed by atoms with Crippen LogP contribution in [-0.2, 0) is 6.42 Å². The molecule has 0 spiro atoms. The molecule has 0 aliphatic rings. The van der Waals surface area contributed by atoms with Crippen LogP contribution in [0.4, 0.5) is 5.82 Å². The standard InChI is InChI=1S/C12H21N3S/c1-4-5-11-14-10(13)8-12(15-11)16-7-6-9(2)3/h8-9H,4-7H2,1-3H3,(H2,13,14,15). The summed E-state index contributed by atoms with van der Waals surface area (Å²) in [6, 6.07) is 1.87. The quantitative estimate of drug-likeness (QED) is 0.612. The van der Waals surface area contributed by atoms with Crippen molar-refractivity contribution in [2.75, 3.05) is 11.5 Å². The van der Waals surface area contributed by atoms with Crippen LogP contribution >= 0.6 is 11.8 Å². The molecule has 0 aliphatic carbocycles. The van der Waals surface area contributed by atoms with Crippen molar-refractivity contribution < 1.29 is 0 Å². The fourth-order valence-corrected chi connectivity index (χ4v) is 2.47. The van der Waals surface area contributed by atoms with E-state index in [1.807, 2.05) is 6.07 Å². The average Bonchev–Trinajstić information content (AvgIpc) is 2.16. The molecular formula is C12H21N3S. The van der Waals surface area contributed by atoms with Gasteiger partial charge in [-0.05, 0) is 24.5 Å². The Morgan fingerprint density at radius 3 is 2.75 bits per heavy atom. The number of nitrogen functional groups attached to an aromatic ring is 1. The molecule has 0 atom stereocenters. The van der Waals surface area contributed by atoms with Gasteiger partial charge in [0.2, 0.25) is 0 Å². The fraction of sp³-hybridized carbons (Fsp3) is 0.667. The second-order valence-corrected chi connectivity index (χ2v) is 5.44. The minimum atomic E-state index is 0.588. The Morgan fingerprint density at radius 2 is 2.12 bits per heavy atom. The maximum absolute atomic E-state index is 5.76. The predicted molar refractivity (Wildman–Crippen MR) is 70.6 cm³/mol. The second kappa shape index (κ2) is 6.74. The zero-order chi connectivity index (χ0) is 12.0. The summed E-state index contributed by atoms with van der Waals surface area (Å²) in [5, 5.41) is 1.01. The lowest BCUT2D eigenvalue weighted by Gasteiger charge is -2.06. The highest BCUT2D eigenvalue weighted by atomic mass is 32.2. The number of thioether (sulfide) groups is 1. The van der Waals surface area contributed by atoms with Gasteiger partial charge in [-0.2, -0.15) is 0 Å². The van der Waals surface area contributed by atoms with E-state index in [2.05, 4.69) is 30.7 Å². The molecule has 1 aromatic heterocycles. The van der Waals surface area contributed by atoms with Crippen molar-refractivity contribution in [2.45, 2.75) is 45.1 Å². The largest absolute Gasteiger partial charge is 0.384 e. The number of nitrogens with zero attached hydrogens (tertiary/aromatic N) is 2. The van der Waals surface area contributed by atoms with E-state index in [0.29, 0.717) is 5.82 Å². The molecule has 1 heterocycles. The van der Waals surface area contributed by atoms with Crippen molar-refractivity contribution in [1.82, 2.24) is 9.97 Å². The van der Waals surface area contributed by atoms with E-state index in [4.69, 9.17) is 5.73 Å². The number of anilines is 1. The van der Waals surface area contributed by atoms with Crippen molar-refractivity contribution in [3.63, 3.8) is 0 Å². The molecule has 1 aromatic rings. The van der Waals surface area contributed by atoms with Crippen LogP contribution in [0.5, 0.6) is 0 Å². The molecule has 0 unspecified atom stereocenters. The van der Waals surface area contributed by atoms with Crippen molar-refractivity contribution >= 4 is 17.6 Å². The highest BCUT2D eigenvalue weighted by Gasteiger charge is 2.03. The molecule has 1 rings (SSSR count). The highest BCUT2D eigenvalue weighted by Crippen LogP contribution is 2.20. The van der Waals surface area contributed by atoms with Crippen LogP contribution in [0.25, 0.3) is 0 Å². The van der Waals surface area contributed by atoms with E-state index in [1.165, 1.54) is 6.42 Å². The Hall–Kier alpha value is -0.770. The van der Waals surface area contributed by atoms with Crippen molar-refractivity contribution in [1.29, 1.82) is 0 Å². The van der Waals surface area contributed by atoms with E-state index < -0.39 is 0 Å². The predicted octanol–water partition coefficient (Wildman–Crippen LogP) is 3.15. The summed E-state index contributed by atoms with van der Waals surface area (Å²) < 4.78 is 0. The van der Waals surface area contributed by atoms with Crippen LogP contribution in [0.2, 0.25) is 0 Å². The first-order valence-electron chi connectivity index (χ1n) is 5.88. The lowest BCUT2D eigenvalue weighted by Crippen LogP contribution is -2.01. The molecule has 16 heavy (non-hydrogen) atoms. The Labute approximate surface area is 102 Å². The monoisotopic (exact) mass is 239 g/mol. The van der Waals surface area contributed by atoms with Crippen molar-refractivity contribution in [2.24, 2.45) is 5.92 Å². The second-order valence-electron chi connectivity index (χ2n) is 4.33. The number of hydrogen-bond acceptors (Lipinski definition) is 4. The topological polar surface area (TPSA) is 51.8 Å². The van der Waals surface area contributed by atoms with Crippen LogP contribution in [-0.4, -0.2) is 15.7 Å². The fourth-order valence-electron chi connectivity index (χ4n) is 1.30. The number of hydrogen-bond donors (Lipinski definition) is 1. The molecule has 0 aliphatic heterocycles. The van der Waals surface area contributed by atoms with Gasteiger partial charge in [-0.3, -0.25) is 0 Å². The normalized spacial score (nSPS) is 11.0. The van der Waals surface area contributed by atoms with Gasteiger partial charge in [0.15, 0.2) is 0 Å². The molecule has 0 amide bonds. The molecule has 2 N–H and O–H groups in total. The minimum absolute atomic E-state index is 0.588. The summed E-state index contributed by atoms with van der Waals surface area (Å²) >= 11 is 1.77. The maximum Gasteiger partial charge on any atom is 0.132 e. The lowest BCUT2D eigenvalue weighted by molar-refractivity contribution is 0.632. The van der Waals surface area contributed by atoms with Crippen LogP contribution in [0.3, 0.4) is 0 Å². The smallest absolute Gasteiger partial charge is 0.132 e. The molecule has 0 bridgehead atoms. The van der Waals surface area contributed by atoms with E-state index in [0.717, 1.165) is 35.4 Å². The molecule has 3 nitrogen and oxygen atoms in total. The van der Waals surface area contributed by atoms with Gasteiger partial charge in [0, 0.05) is 12.5 Å². The zero-order valence-electron chi connectivity index (χ0n) is 10.4. The highest BCUT2D eigenvalue weighted by molar-refractivity contribution is 7.99. The van der Waals surface area contributed by atoms with Crippen molar-refractivity contribution in [3.8, 4) is 0 Å². The van der Waals surface area contributed by atoms with Gasteiger partial charge in [0.05, 0.1) is 0 Å². The number of aryl methyl sites for hydroxylation is 1. The summed E-state index contributed by atoms with van der Waals surface area (Å²) in [4.78, 5) is 8.71. The van der Waals surface area contributed by atoms with Crippen LogP contribution in [0.15, 0.2) is 11.1 Å². The third kappa shape index (κ3) is 4.84. The molecule has 0 radical (unpaired) electrons. The van der Waals surface area contributed by atoms with Crippen LogP contribution in [0, 0.1) is 5.92 Å². The van der Waals surface area contributed by atoms with E-state index in [9.17, 15) is 0 Å². The van der Waals surface area contributed by atoms with Gasteiger partial charge in [0.1, 0.15) is 16.7 Å².